The third kappa shape index (κ3) is 4.76. The lowest BCUT2D eigenvalue weighted by Gasteiger charge is -2.18. The van der Waals surface area contributed by atoms with Crippen LogP contribution >= 0.6 is 38.5 Å². The molecule has 0 spiro atoms. The molecule has 0 radical (unpaired) electrons. The monoisotopic (exact) mass is 425 g/mol. The summed E-state index contributed by atoms with van der Waals surface area (Å²) in [6.45, 7) is 4.28. The predicted octanol–water partition coefficient (Wildman–Crippen LogP) is 4.20. The Morgan fingerprint density at radius 3 is 2.78 bits per heavy atom. The van der Waals surface area contributed by atoms with Crippen LogP contribution in [0.3, 0.4) is 0 Å². The number of halogens is 2. The van der Waals surface area contributed by atoms with Crippen molar-refractivity contribution < 1.29 is 9.53 Å². The van der Waals surface area contributed by atoms with Gasteiger partial charge in [-0.3, -0.25) is 0 Å². The number of nitrogens with one attached hydrogen (secondary N) is 1. The van der Waals surface area contributed by atoms with Crippen molar-refractivity contribution in [3.8, 4) is 0 Å². The van der Waals surface area contributed by atoms with E-state index < -0.39 is 0 Å². The standard InChI is InChI=1S/C13H17BrINO2/c1-3-5-12(13(17)18-4-2)16-11-7-6-9(15)8-10(11)14/h6-8,12,16H,3-5H2,1-2H3. The molecule has 5 heteroatoms. The highest BCUT2D eigenvalue weighted by Crippen LogP contribution is 2.25. The summed E-state index contributed by atoms with van der Waals surface area (Å²) in [6, 6.07) is 5.69. The van der Waals surface area contributed by atoms with Gasteiger partial charge < -0.3 is 10.1 Å². The molecule has 0 amide bonds. The Bertz CT molecular complexity index is 412. The summed E-state index contributed by atoms with van der Waals surface area (Å²) < 4.78 is 7.18. The summed E-state index contributed by atoms with van der Waals surface area (Å²) in [5.41, 5.74) is 0.918. The molecule has 1 atom stereocenters. The first-order valence-corrected chi connectivity index (χ1v) is 7.83. The van der Waals surface area contributed by atoms with Gasteiger partial charge in [-0.1, -0.05) is 13.3 Å². The van der Waals surface area contributed by atoms with Crippen molar-refractivity contribution >= 4 is 50.2 Å². The van der Waals surface area contributed by atoms with E-state index in [2.05, 4.69) is 50.8 Å². The topological polar surface area (TPSA) is 38.3 Å². The summed E-state index contributed by atoms with van der Waals surface area (Å²) in [7, 11) is 0. The molecule has 1 N–H and O–H groups in total. The normalized spacial score (nSPS) is 12.0. The first-order chi connectivity index (χ1) is 8.58. The highest BCUT2D eigenvalue weighted by Gasteiger charge is 2.19. The average Bonchev–Trinajstić information content (AvgIpc) is 2.32. The first kappa shape index (κ1) is 15.8. The van der Waals surface area contributed by atoms with Gasteiger partial charge in [0.15, 0.2) is 0 Å². The van der Waals surface area contributed by atoms with E-state index in [4.69, 9.17) is 4.74 Å². The van der Waals surface area contributed by atoms with Crippen molar-refractivity contribution in [3.63, 3.8) is 0 Å². The van der Waals surface area contributed by atoms with Gasteiger partial charge in [-0.25, -0.2) is 4.79 Å². The maximum atomic E-state index is 11.8. The minimum atomic E-state index is -0.286. The number of carbonyl (C=O) groups excluding carboxylic acids is 1. The van der Waals surface area contributed by atoms with Crippen LogP contribution in [0.5, 0.6) is 0 Å². The Morgan fingerprint density at radius 1 is 1.50 bits per heavy atom. The van der Waals surface area contributed by atoms with Gasteiger partial charge in [0.1, 0.15) is 6.04 Å². The molecule has 0 saturated carbocycles. The van der Waals surface area contributed by atoms with E-state index in [1.165, 1.54) is 0 Å². The van der Waals surface area contributed by atoms with E-state index in [-0.39, 0.29) is 12.0 Å². The van der Waals surface area contributed by atoms with E-state index in [1.807, 2.05) is 25.1 Å². The van der Waals surface area contributed by atoms with Crippen LogP contribution in [0.15, 0.2) is 22.7 Å². The molecule has 0 aromatic heterocycles. The van der Waals surface area contributed by atoms with Crippen molar-refractivity contribution in [1.29, 1.82) is 0 Å². The van der Waals surface area contributed by atoms with Crippen LogP contribution in [0.4, 0.5) is 5.69 Å². The minimum absolute atomic E-state index is 0.190. The molecule has 0 heterocycles. The fourth-order valence-corrected chi connectivity index (χ4v) is 2.99. The lowest BCUT2D eigenvalue weighted by atomic mass is 10.1. The average molecular weight is 426 g/mol. The lowest BCUT2D eigenvalue weighted by Crippen LogP contribution is -2.31. The number of benzene rings is 1. The van der Waals surface area contributed by atoms with Gasteiger partial charge >= 0.3 is 5.97 Å². The second-order valence-corrected chi connectivity index (χ2v) is 5.96. The predicted molar refractivity (Wildman–Crippen MR) is 85.8 cm³/mol. The Balaban J connectivity index is 2.79. The smallest absolute Gasteiger partial charge is 0.328 e. The van der Waals surface area contributed by atoms with E-state index in [0.717, 1.165) is 26.6 Å². The highest BCUT2D eigenvalue weighted by atomic mass is 127. The van der Waals surface area contributed by atoms with Crippen LogP contribution in [-0.4, -0.2) is 18.6 Å². The number of carbonyl (C=O) groups is 1. The Kier molecular flexibility index (Phi) is 6.99. The van der Waals surface area contributed by atoms with Gasteiger partial charge in [-0.2, -0.15) is 0 Å². The van der Waals surface area contributed by atoms with Crippen LogP contribution in [0.2, 0.25) is 0 Å². The molecule has 1 unspecified atom stereocenters. The Hall–Kier alpha value is -0.300. The zero-order valence-electron chi connectivity index (χ0n) is 10.5. The minimum Gasteiger partial charge on any atom is -0.464 e. The maximum absolute atomic E-state index is 11.8. The molecule has 1 rings (SSSR count). The second kappa shape index (κ2) is 7.99. The number of hydrogen-bond acceptors (Lipinski definition) is 3. The Morgan fingerprint density at radius 2 is 2.22 bits per heavy atom. The van der Waals surface area contributed by atoms with Crippen molar-refractivity contribution in [2.45, 2.75) is 32.7 Å². The van der Waals surface area contributed by atoms with Crippen LogP contribution in [0.25, 0.3) is 0 Å². The molecular formula is C13H17BrINO2. The SMILES string of the molecule is CCCC(Nc1ccc(I)cc1Br)C(=O)OCC. The van der Waals surface area contributed by atoms with Crippen LogP contribution in [0, 0.1) is 3.57 Å². The zero-order valence-corrected chi connectivity index (χ0v) is 14.2. The molecule has 3 nitrogen and oxygen atoms in total. The molecule has 0 aliphatic rings. The van der Waals surface area contributed by atoms with Crippen molar-refractivity contribution in [1.82, 2.24) is 0 Å². The number of rotatable bonds is 6. The summed E-state index contributed by atoms with van der Waals surface area (Å²) >= 11 is 5.75. The van der Waals surface area contributed by atoms with E-state index in [1.54, 1.807) is 0 Å². The van der Waals surface area contributed by atoms with Gasteiger partial charge in [0.05, 0.1) is 6.61 Å². The van der Waals surface area contributed by atoms with Crippen molar-refractivity contribution in [2.24, 2.45) is 0 Å². The van der Waals surface area contributed by atoms with Gasteiger partial charge in [0.2, 0.25) is 0 Å². The number of ether oxygens (including phenoxy) is 1. The third-order valence-corrected chi connectivity index (χ3v) is 3.74. The van der Waals surface area contributed by atoms with Crippen LogP contribution in [0.1, 0.15) is 26.7 Å². The molecule has 1 aromatic carbocycles. The third-order valence-electron chi connectivity index (χ3n) is 2.41. The van der Waals surface area contributed by atoms with Gasteiger partial charge in [0, 0.05) is 13.7 Å². The molecule has 0 bridgehead atoms. The highest BCUT2D eigenvalue weighted by molar-refractivity contribution is 14.1. The quantitative estimate of drug-likeness (QED) is 0.548. The second-order valence-electron chi connectivity index (χ2n) is 3.86. The molecule has 0 aliphatic heterocycles. The number of anilines is 1. The molecular weight excluding hydrogens is 409 g/mol. The van der Waals surface area contributed by atoms with E-state index in [9.17, 15) is 4.79 Å². The van der Waals surface area contributed by atoms with E-state index in [0.29, 0.717) is 6.61 Å². The van der Waals surface area contributed by atoms with Crippen molar-refractivity contribution in [2.75, 3.05) is 11.9 Å². The number of esters is 1. The Labute approximate surface area is 130 Å². The molecule has 18 heavy (non-hydrogen) atoms. The van der Waals surface area contributed by atoms with Crippen molar-refractivity contribution in [3.05, 3.63) is 26.2 Å². The zero-order chi connectivity index (χ0) is 13.5. The fraction of sp³-hybridized carbons (Fsp3) is 0.462. The summed E-state index contributed by atoms with van der Waals surface area (Å²) in [5.74, 6) is -0.190. The molecule has 0 fully saturated rings. The maximum Gasteiger partial charge on any atom is 0.328 e. The summed E-state index contributed by atoms with van der Waals surface area (Å²) in [4.78, 5) is 11.8. The lowest BCUT2D eigenvalue weighted by molar-refractivity contribution is -0.144. The number of hydrogen-bond donors (Lipinski definition) is 1. The van der Waals surface area contributed by atoms with Crippen LogP contribution < -0.4 is 5.32 Å². The summed E-state index contributed by atoms with van der Waals surface area (Å²) in [5, 5.41) is 3.24. The fourth-order valence-electron chi connectivity index (χ4n) is 1.57. The first-order valence-electron chi connectivity index (χ1n) is 5.96. The largest absolute Gasteiger partial charge is 0.464 e. The van der Waals surface area contributed by atoms with Gasteiger partial charge in [0.25, 0.3) is 0 Å². The molecule has 0 saturated heterocycles. The van der Waals surface area contributed by atoms with Crippen LogP contribution in [-0.2, 0) is 9.53 Å². The van der Waals surface area contributed by atoms with Gasteiger partial charge in [-0.15, -0.1) is 0 Å². The van der Waals surface area contributed by atoms with E-state index >= 15 is 0 Å². The molecule has 0 aliphatic carbocycles. The molecule has 1 aromatic rings. The molecule has 100 valence electrons. The van der Waals surface area contributed by atoms with Gasteiger partial charge in [-0.05, 0) is 70.1 Å². The summed E-state index contributed by atoms with van der Waals surface area (Å²) in [6.07, 6.45) is 1.69.